The second-order valence-corrected chi connectivity index (χ2v) is 8.98. The summed E-state index contributed by atoms with van der Waals surface area (Å²) in [5.74, 6) is 0.862. The molecule has 0 N–H and O–H groups in total. The zero-order valence-electron chi connectivity index (χ0n) is 20.8. The number of hydrogen-bond acceptors (Lipinski definition) is 5. The highest BCUT2D eigenvalue weighted by atomic mass is 19.1. The number of amides is 1. The molecule has 1 amide bonds. The number of halogens is 1. The van der Waals surface area contributed by atoms with Gasteiger partial charge in [0.15, 0.2) is 18.1 Å². The molecule has 0 aromatic heterocycles. The van der Waals surface area contributed by atoms with Crippen LogP contribution >= 0.6 is 0 Å². The van der Waals surface area contributed by atoms with E-state index in [0.29, 0.717) is 24.7 Å². The van der Waals surface area contributed by atoms with Crippen LogP contribution in [0.25, 0.3) is 0 Å². The van der Waals surface area contributed by atoms with Gasteiger partial charge in [-0.3, -0.25) is 9.69 Å². The van der Waals surface area contributed by atoms with E-state index in [0.717, 1.165) is 43.7 Å². The Morgan fingerprint density at radius 2 is 1.76 bits per heavy atom. The number of ether oxygens (including phenoxy) is 3. The molecule has 0 spiro atoms. The predicted molar refractivity (Wildman–Crippen MR) is 131 cm³/mol. The van der Waals surface area contributed by atoms with E-state index in [1.165, 1.54) is 12.1 Å². The lowest BCUT2D eigenvalue weighted by Gasteiger charge is -2.44. The molecule has 6 nitrogen and oxygen atoms in total. The van der Waals surface area contributed by atoms with Gasteiger partial charge in [0.25, 0.3) is 5.91 Å². The van der Waals surface area contributed by atoms with E-state index < -0.39 is 0 Å². The molecule has 2 aromatic carbocycles. The Balaban J connectivity index is 1.53. The Morgan fingerprint density at radius 1 is 1.03 bits per heavy atom. The molecule has 1 aliphatic heterocycles. The number of rotatable bonds is 11. The predicted octanol–water partition coefficient (Wildman–Crippen LogP) is 4.65. The SMILES string of the molecule is CCCCOCc1ccc(OCC(=O)N2C[C@H](C)N(Cc3ccc(F)cc3)C[C@H]2C)c(OC)c1. The molecule has 186 valence electrons. The van der Waals surface area contributed by atoms with Crippen LogP contribution in [0.4, 0.5) is 4.39 Å². The Hall–Kier alpha value is -2.64. The number of hydrogen-bond donors (Lipinski definition) is 0. The van der Waals surface area contributed by atoms with E-state index in [-0.39, 0.29) is 30.4 Å². The van der Waals surface area contributed by atoms with Gasteiger partial charge in [-0.2, -0.15) is 0 Å². The lowest BCUT2D eigenvalue weighted by atomic mass is 10.1. The maximum Gasteiger partial charge on any atom is 0.260 e. The Morgan fingerprint density at radius 3 is 2.47 bits per heavy atom. The summed E-state index contributed by atoms with van der Waals surface area (Å²) in [6, 6.07) is 12.5. The highest BCUT2D eigenvalue weighted by Gasteiger charge is 2.32. The third-order valence-corrected chi connectivity index (χ3v) is 6.22. The lowest BCUT2D eigenvalue weighted by Crippen LogP contribution is -2.58. The standard InChI is InChI=1S/C27H37FN2O4/c1-5-6-13-33-18-23-9-12-25(26(14-23)32-4)34-19-27(31)30-16-20(2)29(15-21(30)3)17-22-7-10-24(28)11-8-22/h7-12,14,20-21H,5-6,13,15-19H2,1-4H3/t20-,21+/m0/s1. The summed E-state index contributed by atoms with van der Waals surface area (Å²) in [7, 11) is 1.59. The fourth-order valence-electron chi connectivity index (χ4n) is 4.17. The maximum atomic E-state index is 13.2. The summed E-state index contributed by atoms with van der Waals surface area (Å²) in [5.41, 5.74) is 2.07. The highest BCUT2D eigenvalue weighted by molar-refractivity contribution is 5.78. The second-order valence-electron chi connectivity index (χ2n) is 8.98. The van der Waals surface area contributed by atoms with Crippen LogP contribution in [0.3, 0.4) is 0 Å². The molecule has 0 saturated carbocycles. The molecule has 2 aromatic rings. The van der Waals surface area contributed by atoms with Crippen molar-refractivity contribution < 1.29 is 23.4 Å². The first-order valence-corrected chi connectivity index (χ1v) is 12.1. The van der Waals surface area contributed by atoms with Gasteiger partial charge in [0.05, 0.1) is 13.7 Å². The van der Waals surface area contributed by atoms with Crippen LogP contribution in [0, 0.1) is 5.82 Å². The maximum absolute atomic E-state index is 13.2. The van der Waals surface area contributed by atoms with Crippen molar-refractivity contribution in [3.8, 4) is 11.5 Å². The molecule has 3 rings (SSSR count). The fourth-order valence-corrected chi connectivity index (χ4v) is 4.17. The van der Waals surface area contributed by atoms with Crippen LogP contribution in [0.15, 0.2) is 42.5 Å². The van der Waals surface area contributed by atoms with Gasteiger partial charge < -0.3 is 19.1 Å². The molecule has 0 unspecified atom stereocenters. The van der Waals surface area contributed by atoms with E-state index >= 15 is 0 Å². The second kappa shape index (κ2) is 12.7. The van der Waals surface area contributed by atoms with Crippen molar-refractivity contribution in [2.45, 2.75) is 58.8 Å². The normalized spacial score (nSPS) is 18.7. The Bertz CT molecular complexity index is 921. The fraction of sp³-hybridized carbons (Fsp3) is 0.519. The van der Waals surface area contributed by atoms with Gasteiger partial charge >= 0.3 is 0 Å². The van der Waals surface area contributed by atoms with Gasteiger partial charge in [0.2, 0.25) is 0 Å². The summed E-state index contributed by atoms with van der Waals surface area (Å²) in [6.07, 6.45) is 2.14. The summed E-state index contributed by atoms with van der Waals surface area (Å²) < 4.78 is 30.2. The van der Waals surface area contributed by atoms with Gasteiger partial charge in [-0.1, -0.05) is 31.5 Å². The number of carbonyl (C=O) groups excluding carboxylic acids is 1. The summed E-state index contributed by atoms with van der Waals surface area (Å²) >= 11 is 0. The quantitative estimate of drug-likeness (QED) is 0.446. The molecular weight excluding hydrogens is 435 g/mol. The number of carbonyl (C=O) groups is 1. The van der Waals surface area contributed by atoms with Crippen molar-refractivity contribution in [1.29, 1.82) is 0 Å². The molecule has 34 heavy (non-hydrogen) atoms. The molecule has 1 aliphatic rings. The molecule has 0 radical (unpaired) electrons. The van der Waals surface area contributed by atoms with E-state index in [1.54, 1.807) is 7.11 Å². The van der Waals surface area contributed by atoms with Crippen molar-refractivity contribution in [2.75, 3.05) is 33.4 Å². The van der Waals surface area contributed by atoms with E-state index in [9.17, 15) is 9.18 Å². The van der Waals surface area contributed by atoms with Crippen molar-refractivity contribution in [2.24, 2.45) is 0 Å². The van der Waals surface area contributed by atoms with Gasteiger partial charge in [-0.05, 0) is 55.7 Å². The lowest BCUT2D eigenvalue weighted by molar-refractivity contribution is -0.139. The minimum Gasteiger partial charge on any atom is -0.493 e. The van der Waals surface area contributed by atoms with Crippen molar-refractivity contribution >= 4 is 5.91 Å². The van der Waals surface area contributed by atoms with Crippen molar-refractivity contribution in [3.63, 3.8) is 0 Å². The average molecular weight is 473 g/mol. The van der Waals surface area contributed by atoms with Crippen LogP contribution in [0.1, 0.15) is 44.7 Å². The number of methoxy groups -OCH3 is 1. The summed E-state index contributed by atoms with van der Waals surface area (Å²) in [5, 5.41) is 0. The van der Waals surface area contributed by atoms with Crippen LogP contribution in [-0.4, -0.2) is 61.2 Å². The minimum atomic E-state index is -0.229. The minimum absolute atomic E-state index is 0.0439. The molecule has 1 heterocycles. The third kappa shape index (κ3) is 7.18. The first-order valence-electron chi connectivity index (χ1n) is 12.1. The number of unbranched alkanes of at least 4 members (excludes halogenated alkanes) is 1. The smallest absolute Gasteiger partial charge is 0.260 e. The third-order valence-electron chi connectivity index (χ3n) is 6.22. The van der Waals surface area contributed by atoms with Crippen LogP contribution < -0.4 is 9.47 Å². The summed E-state index contributed by atoms with van der Waals surface area (Å²) in [4.78, 5) is 17.2. The van der Waals surface area contributed by atoms with E-state index in [4.69, 9.17) is 14.2 Å². The van der Waals surface area contributed by atoms with Gasteiger partial charge in [-0.25, -0.2) is 4.39 Å². The number of benzene rings is 2. The largest absolute Gasteiger partial charge is 0.493 e. The molecule has 2 atom stereocenters. The van der Waals surface area contributed by atoms with Crippen molar-refractivity contribution in [3.05, 3.63) is 59.4 Å². The molecule has 0 aliphatic carbocycles. The van der Waals surface area contributed by atoms with Crippen LogP contribution in [0.2, 0.25) is 0 Å². The zero-order chi connectivity index (χ0) is 24.5. The molecule has 7 heteroatoms. The van der Waals surface area contributed by atoms with E-state index in [1.807, 2.05) is 35.2 Å². The zero-order valence-corrected chi connectivity index (χ0v) is 20.8. The monoisotopic (exact) mass is 472 g/mol. The molecule has 1 saturated heterocycles. The topological polar surface area (TPSA) is 51.2 Å². The van der Waals surface area contributed by atoms with Gasteiger partial charge in [-0.15, -0.1) is 0 Å². The summed E-state index contributed by atoms with van der Waals surface area (Å²) in [6.45, 7) is 9.61. The number of piperazine rings is 1. The highest BCUT2D eigenvalue weighted by Crippen LogP contribution is 2.29. The van der Waals surface area contributed by atoms with Gasteiger partial charge in [0, 0.05) is 38.3 Å². The first kappa shape index (κ1) is 26.0. The Labute approximate surface area is 202 Å². The van der Waals surface area contributed by atoms with Crippen molar-refractivity contribution in [1.82, 2.24) is 9.80 Å². The molecular formula is C27H37FN2O4. The average Bonchev–Trinajstić information content (AvgIpc) is 2.84. The van der Waals surface area contributed by atoms with Gasteiger partial charge in [0.1, 0.15) is 5.82 Å². The number of nitrogens with zero attached hydrogens (tertiary/aromatic N) is 2. The first-order chi connectivity index (χ1) is 16.4. The Kier molecular flexibility index (Phi) is 9.72. The molecule has 1 fully saturated rings. The van der Waals surface area contributed by atoms with E-state index in [2.05, 4.69) is 25.7 Å². The van der Waals surface area contributed by atoms with Crippen LogP contribution in [0.5, 0.6) is 11.5 Å². The molecule has 0 bridgehead atoms. The van der Waals surface area contributed by atoms with Crippen LogP contribution in [-0.2, 0) is 22.7 Å².